The normalized spacial score (nSPS) is 9.67. The van der Waals surface area contributed by atoms with Crippen molar-refractivity contribution >= 4 is 12.1 Å². The molecule has 0 saturated carbocycles. The number of hydrogen-bond acceptors (Lipinski definition) is 4. The average molecular weight is 221 g/mol. The van der Waals surface area contributed by atoms with Crippen LogP contribution in [0.25, 0.3) is 0 Å². The maximum absolute atomic E-state index is 10.8. The minimum absolute atomic E-state index is 0.598. The molecule has 6 heteroatoms. The monoisotopic (exact) mass is 221 g/mol. The molecule has 15 heavy (non-hydrogen) atoms. The third-order valence-electron chi connectivity index (χ3n) is 0.750. The van der Waals surface area contributed by atoms with Crippen molar-refractivity contribution in [3.05, 3.63) is 0 Å². The van der Waals surface area contributed by atoms with Crippen LogP contribution in [0.5, 0.6) is 0 Å². The summed E-state index contributed by atoms with van der Waals surface area (Å²) < 4.78 is 4.75. The lowest BCUT2D eigenvalue weighted by atomic mass is 10.2. The number of carboxylic acids is 1. The van der Waals surface area contributed by atoms with Gasteiger partial charge >= 0.3 is 12.1 Å². The number of ether oxygens (including phenoxy) is 1. The summed E-state index contributed by atoms with van der Waals surface area (Å²) >= 11 is 0. The molecule has 0 heterocycles. The molecule has 0 radical (unpaired) electrons. The van der Waals surface area contributed by atoms with Crippen LogP contribution in [0.2, 0.25) is 0 Å². The lowest BCUT2D eigenvalue weighted by Crippen LogP contribution is -2.33. The number of carboxylic acid groups (broad SMARTS) is 1. The number of amides is 1. The van der Waals surface area contributed by atoms with Crippen LogP contribution in [-0.4, -0.2) is 29.4 Å². The summed E-state index contributed by atoms with van der Waals surface area (Å²) in [5.41, 5.74) is 1.20. The van der Waals surface area contributed by atoms with Gasteiger partial charge in [0.2, 0.25) is 0 Å². The number of rotatable bonds is 3. The maximum Gasteiger partial charge on any atom is 0.431 e. The number of hydroxylamine groups is 1. The van der Waals surface area contributed by atoms with E-state index < -0.39 is 24.3 Å². The highest BCUT2D eigenvalue weighted by atomic mass is 16.7. The van der Waals surface area contributed by atoms with Crippen molar-refractivity contribution in [2.45, 2.75) is 40.2 Å². The predicted molar refractivity (Wildman–Crippen MR) is 54.3 cm³/mol. The topological polar surface area (TPSA) is 84.9 Å². The van der Waals surface area contributed by atoms with Crippen molar-refractivity contribution in [2.24, 2.45) is 0 Å². The maximum atomic E-state index is 10.8. The molecule has 1 amide bonds. The van der Waals surface area contributed by atoms with Gasteiger partial charge in [-0.05, 0) is 20.8 Å². The zero-order chi connectivity index (χ0) is 12.5. The Kier molecular flexibility index (Phi) is 8.66. The van der Waals surface area contributed by atoms with Gasteiger partial charge < -0.3 is 9.84 Å². The van der Waals surface area contributed by atoms with Crippen LogP contribution in [0.3, 0.4) is 0 Å². The second-order valence-corrected chi connectivity index (χ2v) is 3.29. The Labute approximate surface area is 89.5 Å². The highest BCUT2D eigenvalue weighted by Crippen LogP contribution is 2.05. The first-order valence-electron chi connectivity index (χ1n) is 4.64. The van der Waals surface area contributed by atoms with E-state index in [1.54, 1.807) is 20.8 Å². The highest BCUT2D eigenvalue weighted by molar-refractivity contribution is 5.69. The molecule has 0 aromatic rings. The highest BCUT2D eigenvalue weighted by Gasteiger charge is 2.16. The van der Waals surface area contributed by atoms with E-state index in [1.807, 2.05) is 19.3 Å². The van der Waals surface area contributed by atoms with Gasteiger partial charge in [-0.2, -0.15) is 5.48 Å². The van der Waals surface area contributed by atoms with Gasteiger partial charge in [-0.15, -0.1) is 0 Å². The molecule has 2 N–H and O–H groups in total. The van der Waals surface area contributed by atoms with Gasteiger partial charge in [-0.25, -0.2) is 9.59 Å². The molecule has 90 valence electrons. The second-order valence-electron chi connectivity index (χ2n) is 3.29. The minimum Gasteiger partial charge on any atom is -0.479 e. The summed E-state index contributed by atoms with van der Waals surface area (Å²) in [6.45, 7) is 8.45. The fourth-order valence-electron chi connectivity index (χ4n) is 0.456. The zero-order valence-corrected chi connectivity index (χ0v) is 9.79. The van der Waals surface area contributed by atoms with Crippen LogP contribution in [0, 0.1) is 0 Å². The Morgan fingerprint density at radius 3 is 2.07 bits per heavy atom. The summed E-state index contributed by atoms with van der Waals surface area (Å²) in [7, 11) is 0. The zero-order valence-electron chi connectivity index (χ0n) is 9.79. The number of nitrogens with one attached hydrogen (secondary N) is 1. The van der Waals surface area contributed by atoms with Gasteiger partial charge in [0.1, 0.15) is 5.60 Å². The molecule has 0 aromatic carbocycles. The van der Waals surface area contributed by atoms with Gasteiger partial charge in [0.05, 0.1) is 0 Å². The van der Waals surface area contributed by atoms with Gasteiger partial charge in [-0.1, -0.05) is 13.8 Å². The molecule has 0 aliphatic rings. The summed E-state index contributed by atoms with van der Waals surface area (Å²) in [6, 6.07) is 0. The Bertz CT molecular complexity index is 197. The molecule has 0 aliphatic heterocycles. The quantitative estimate of drug-likeness (QED) is 0.706. The van der Waals surface area contributed by atoms with E-state index >= 15 is 0 Å². The minimum atomic E-state index is -1.17. The fraction of sp³-hybridized carbons (Fsp3) is 0.778. The number of carbonyl (C=O) groups excluding carboxylic acids is 1. The van der Waals surface area contributed by atoms with Crippen LogP contribution < -0.4 is 5.48 Å². The first-order chi connectivity index (χ1) is 6.81. The van der Waals surface area contributed by atoms with E-state index in [1.165, 1.54) is 0 Å². The second kappa shape index (κ2) is 8.05. The Balaban J connectivity index is 0. The smallest absolute Gasteiger partial charge is 0.431 e. The Morgan fingerprint density at radius 2 is 1.73 bits per heavy atom. The van der Waals surface area contributed by atoms with Crippen molar-refractivity contribution < 1.29 is 24.3 Å². The lowest BCUT2D eigenvalue weighted by Gasteiger charge is -2.19. The number of aliphatic carboxylic acids is 1. The summed E-state index contributed by atoms with van der Waals surface area (Å²) in [5.74, 6) is -1.17. The standard InChI is InChI=1S/C7H13NO5.C2H6/c1-7(2,3)13-6(11)8-12-4-5(9)10;1-2/h4H2,1-3H3,(H,8,11)(H,9,10);1-2H3. The molecule has 0 bridgehead atoms. The van der Waals surface area contributed by atoms with E-state index in [2.05, 4.69) is 4.84 Å². The number of carbonyl (C=O) groups is 2. The van der Waals surface area contributed by atoms with Crippen molar-refractivity contribution in [1.29, 1.82) is 0 Å². The van der Waals surface area contributed by atoms with Gasteiger partial charge in [-0.3, -0.25) is 4.84 Å². The lowest BCUT2D eigenvalue weighted by molar-refractivity contribution is -0.144. The molecule has 0 unspecified atom stereocenters. The molecule has 0 rings (SSSR count). The summed E-state index contributed by atoms with van der Waals surface area (Å²) in [5, 5.41) is 8.14. The predicted octanol–water partition coefficient (Wildman–Crippen LogP) is 1.55. The van der Waals surface area contributed by atoms with Crippen LogP contribution in [0.1, 0.15) is 34.6 Å². The van der Waals surface area contributed by atoms with Crippen LogP contribution >= 0.6 is 0 Å². The largest absolute Gasteiger partial charge is 0.479 e. The van der Waals surface area contributed by atoms with Crippen molar-refractivity contribution in [2.75, 3.05) is 6.61 Å². The molecular formula is C9H19NO5. The molecule has 6 nitrogen and oxygen atoms in total. The van der Waals surface area contributed by atoms with Crippen molar-refractivity contribution in [3.8, 4) is 0 Å². The molecule has 0 atom stereocenters. The van der Waals surface area contributed by atoms with Crippen LogP contribution in [0.15, 0.2) is 0 Å². The molecule has 0 aliphatic carbocycles. The van der Waals surface area contributed by atoms with E-state index in [0.717, 1.165) is 0 Å². The number of hydrogen-bond donors (Lipinski definition) is 2. The summed E-state index contributed by atoms with van der Waals surface area (Å²) in [4.78, 5) is 25.0. The van der Waals surface area contributed by atoms with E-state index in [0.29, 0.717) is 0 Å². The molecular weight excluding hydrogens is 202 g/mol. The average Bonchev–Trinajstić information content (AvgIpc) is 2.03. The summed E-state index contributed by atoms with van der Waals surface area (Å²) in [6.07, 6.45) is -0.811. The fourth-order valence-corrected chi connectivity index (χ4v) is 0.456. The third-order valence-corrected chi connectivity index (χ3v) is 0.750. The first kappa shape index (κ1) is 16.1. The van der Waals surface area contributed by atoms with E-state index in [9.17, 15) is 9.59 Å². The molecule has 0 aromatic heterocycles. The van der Waals surface area contributed by atoms with Gasteiger partial charge in [0, 0.05) is 0 Å². The first-order valence-corrected chi connectivity index (χ1v) is 4.64. The Hall–Kier alpha value is -1.30. The third kappa shape index (κ3) is 15.5. The molecule has 0 fully saturated rings. The molecule has 0 saturated heterocycles. The van der Waals surface area contributed by atoms with E-state index in [4.69, 9.17) is 9.84 Å². The van der Waals surface area contributed by atoms with Crippen LogP contribution in [0.4, 0.5) is 4.79 Å². The van der Waals surface area contributed by atoms with Crippen LogP contribution in [-0.2, 0) is 14.4 Å². The van der Waals surface area contributed by atoms with E-state index in [-0.39, 0.29) is 0 Å². The van der Waals surface area contributed by atoms with Gasteiger partial charge in [0.25, 0.3) is 0 Å². The van der Waals surface area contributed by atoms with Crippen molar-refractivity contribution in [1.82, 2.24) is 5.48 Å². The SMILES string of the molecule is CC.CC(C)(C)OC(=O)NOCC(=O)O. The van der Waals surface area contributed by atoms with Crippen molar-refractivity contribution in [3.63, 3.8) is 0 Å². The Morgan fingerprint density at radius 1 is 1.27 bits per heavy atom. The molecule has 0 spiro atoms. The van der Waals surface area contributed by atoms with Gasteiger partial charge in [0.15, 0.2) is 6.61 Å².